The van der Waals surface area contributed by atoms with Gasteiger partial charge in [-0.25, -0.2) is 4.39 Å². The number of carbonyl (C=O) groups is 1. The normalized spacial score (nSPS) is 26.8. The molecule has 1 fully saturated rings. The first-order valence-corrected chi connectivity index (χ1v) is 8.00. The molecule has 116 valence electrons. The molecular weight excluding hydrogens is 265 g/mol. The zero-order chi connectivity index (χ0) is 15.4. The number of halogens is 1. The summed E-state index contributed by atoms with van der Waals surface area (Å²) in [5, 5.41) is 0. The molecule has 1 heterocycles. The van der Waals surface area contributed by atoms with Crippen LogP contribution in [0, 0.1) is 17.7 Å². The zero-order valence-corrected chi connectivity index (χ0v) is 13.3. The summed E-state index contributed by atoms with van der Waals surface area (Å²) >= 11 is 0. The molecule has 1 aromatic rings. The van der Waals surface area contributed by atoms with Gasteiger partial charge >= 0.3 is 0 Å². The van der Waals surface area contributed by atoms with Crippen LogP contribution in [-0.2, 0) is 0 Å². The fraction of sp³-hybridized carbons (Fsp3) is 0.611. The number of piperidine rings is 1. The van der Waals surface area contributed by atoms with Crippen LogP contribution in [0.1, 0.15) is 50.4 Å². The van der Waals surface area contributed by atoms with E-state index in [4.69, 9.17) is 0 Å². The summed E-state index contributed by atoms with van der Waals surface area (Å²) in [6, 6.07) is 6.45. The number of nitrogens with zero attached hydrogens (tertiary/aromatic N) is 1. The smallest absolute Gasteiger partial charge is 0.162 e. The molecule has 0 amide bonds. The van der Waals surface area contributed by atoms with E-state index in [0.717, 1.165) is 31.3 Å². The lowest BCUT2D eigenvalue weighted by Crippen LogP contribution is -2.46. The van der Waals surface area contributed by atoms with Gasteiger partial charge in [0, 0.05) is 24.6 Å². The number of ketones is 1. The van der Waals surface area contributed by atoms with E-state index in [1.165, 1.54) is 18.6 Å². The second kappa shape index (κ2) is 7.17. The summed E-state index contributed by atoms with van der Waals surface area (Å²) in [5.74, 6) is 1.28. The third-order valence-electron chi connectivity index (χ3n) is 4.74. The molecule has 0 radical (unpaired) electrons. The van der Waals surface area contributed by atoms with Crippen molar-refractivity contribution in [2.24, 2.45) is 11.8 Å². The van der Waals surface area contributed by atoms with E-state index in [1.54, 1.807) is 12.1 Å². The number of Topliss-reactive ketones (excluding diaryl/α,β-unsaturated/α-hetero) is 1. The Morgan fingerprint density at radius 3 is 2.57 bits per heavy atom. The highest BCUT2D eigenvalue weighted by Crippen LogP contribution is 2.27. The van der Waals surface area contributed by atoms with Crippen LogP contribution in [0.25, 0.3) is 0 Å². The standard InChI is InChI=1S/C18H26FNO/c1-13-11-14(2)15(3)20(12-13)10-4-5-18(21)16-6-8-17(19)9-7-16/h6-9,13-15H,4-5,10-12H2,1-3H3. The second-order valence-electron chi connectivity index (χ2n) is 6.59. The third kappa shape index (κ3) is 4.37. The molecule has 3 atom stereocenters. The maximum absolute atomic E-state index is 12.8. The lowest BCUT2D eigenvalue weighted by molar-refractivity contribution is 0.0759. The average molecular weight is 291 g/mol. The van der Waals surface area contributed by atoms with Crippen LogP contribution in [-0.4, -0.2) is 29.8 Å². The molecule has 2 nitrogen and oxygen atoms in total. The molecule has 0 saturated carbocycles. The molecule has 0 N–H and O–H groups in total. The first kappa shape index (κ1) is 16.2. The van der Waals surface area contributed by atoms with Crippen molar-refractivity contribution in [2.45, 2.75) is 46.1 Å². The molecule has 3 heteroatoms. The van der Waals surface area contributed by atoms with E-state index >= 15 is 0 Å². The summed E-state index contributed by atoms with van der Waals surface area (Å²) in [6.07, 6.45) is 2.71. The van der Waals surface area contributed by atoms with Gasteiger partial charge in [0.1, 0.15) is 5.82 Å². The summed E-state index contributed by atoms with van der Waals surface area (Å²) in [5.41, 5.74) is 0.616. The molecule has 3 unspecified atom stereocenters. The van der Waals surface area contributed by atoms with Gasteiger partial charge < -0.3 is 4.90 Å². The number of likely N-dealkylation sites (tertiary alicyclic amines) is 1. The summed E-state index contributed by atoms with van der Waals surface area (Å²) in [6.45, 7) is 9.02. The molecule has 0 bridgehead atoms. The summed E-state index contributed by atoms with van der Waals surface area (Å²) in [7, 11) is 0. The molecule has 1 saturated heterocycles. The Hall–Kier alpha value is -1.22. The van der Waals surface area contributed by atoms with Crippen LogP contribution in [0.3, 0.4) is 0 Å². The van der Waals surface area contributed by atoms with Gasteiger partial charge in [0.15, 0.2) is 5.78 Å². The van der Waals surface area contributed by atoms with Gasteiger partial charge in [0.05, 0.1) is 0 Å². The number of rotatable bonds is 5. The van der Waals surface area contributed by atoms with E-state index < -0.39 is 0 Å². The summed E-state index contributed by atoms with van der Waals surface area (Å²) in [4.78, 5) is 14.6. The van der Waals surface area contributed by atoms with Crippen molar-refractivity contribution in [3.05, 3.63) is 35.6 Å². The minimum atomic E-state index is -0.295. The molecule has 0 spiro atoms. The van der Waals surface area contributed by atoms with E-state index in [9.17, 15) is 9.18 Å². The number of benzene rings is 1. The first-order valence-electron chi connectivity index (χ1n) is 8.00. The van der Waals surface area contributed by atoms with Crippen LogP contribution in [0.4, 0.5) is 4.39 Å². The highest BCUT2D eigenvalue weighted by Gasteiger charge is 2.28. The number of carbonyl (C=O) groups excluding carboxylic acids is 1. The van der Waals surface area contributed by atoms with Gasteiger partial charge in [0.25, 0.3) is 0 Å². The van der Waals surface area contributed by atoms with Gasteiger partial charge in [-0.1, -0.05) is 13.8 Å². The molecule has 1 aromatic carbocycles. The largest absolute Gasteiger partial charge is 0.300 e. The predicted molar refractivity (Wildman–Crippen MR) is 83.9 cm³/mol. The van der Waals surface area contributed by atoms with Gasteiger partial charge in [-0.3, -0.25) is 4.79 Å². The Labute approximate surface area is 127 Å². The van der Waals surface area contributed by atoms with Crippen LogP contribution in [0.15, 0.2) is 24.3 Å². The van der Waals surface area contributed by atoms with E-state index in [0.29, 0.717) is 18.0 Å². The lowest BCUT2D eigenvalue weighted by atomic mass is 9.86. The Morgan fingerprint density at radius 1 is 1.24 bits per heavy atom. The molecule has 2 rings (SSSR count). The van der Waals surface area contributed by atoms with Crippen molar-refractivity contribution < 1.29 is 9.18 Å². The predicted octanol–water partition coefficient (Wildman–Crippen LogP) is 4.16. The van der Waals surface area contributed by atoms with Gasteiger partial charge in [-0.2, -0.15) is 0 Å². The topological polar surface area (TPSA) is 20.3 Å². The van der Waals surface area contributed by atoms with Gasteiger partial charge in [0.2, 0.25) is 0 Å². The van der Waals surface area contributed by atoms with Crippen LogP contribution < -0.4 is 0 Å². The van der Waals surface area contributed by atoms with E-state index in [2.05, 4.69) is 25.7 Å². The Morgan fingerprint density at radius 2 is 1.90 bits per heavy atom. The lowest BCUT2D eigenvalue weighted by Gasteiger charge is -2.41. The second-order valence-corrected chi connectivity index (χ2v) is 6.59. The highest BCUT2D eigenvalue weighted by atomic mass is 19.1. The van der Waals surface area contributed by atoms with Crippen molar-refractivity contribution in [3.63, 3.8) is 0 Å². The van der Waals surface area contributed by atoms with Crippen LogP contribution >= 0.6 is 0 Å². The van der Waals surface area contributed by atoms with E-state index in [-0.39, 0.29) is 11.6 Å². The number of hydrogen-bond donors (Lipinski definition) is 0. The van der Waals surface area contributed by atoms with Crippen molar-refractivity contribution >= 4 is 5.78 Å². The number of hydrogen-bond acceptors (Lipinski definition) is 2. The third-order valence-corrected chi connectivity index (χ3v) is 4.74. The van der Waals surface area contributed by atoms with Crippen LogP contribution in [0.2, 0.25) is 0 Å². The quantitative estimate of drug-likeness (QED) is 0.759. The molecular formula is C18H26FNO. The molecule has 1 aliphatic heterocycles. The maximum atomic E-state index is 12.8. The SMILES string of the molecule is CC1CC(C)C(C)N(CCCC(=O)c2ccc(F)cc2)C1. The molecule has 21 heavy (non-hydrogen) atoms. The van der Waals surface area contributed by atoms with Gasteiger partial charge in [-0.05, 0) is 62.4 Å². The molecule has 0 aliphatic carbocycles. The van der Waals surface area contributed by atoms with E-state index in [1.807, 2.05) is 0 Å². The Bertz CT molecular complexity index is 471. The maximum Gasteiger partial charge on any atom is 0.162 e. The van der Waals surface area contributed by atoms with Crippen molar-refractivity contribution in [1.29, 1.82) is 0 Å². The van der Waals surface area contributed by atoms with Crippen molar-refractivity contribution in [1.82, 2.24) is 4.90 Å². The first-order chi connectivity index (χ1) is 9.97. The van der Waals surface area contributed by atoms with Crippen molar-refractivity contribution in [3.8, 4) is 0 Å². The minimum Gasteiger partial charge on any atom is -0.300 e. The summed E-state index contributed by atoms with van der Waals surface area (Å²) < 4.78 is 12.8. The highest BCUT2D eigenvalue weighted by molar-refractivity contribution is 5.95. The Kier molecular flexibility index (Phi) is 5.51. The zero-order valence-electron chi connectivity index (χ0n) is 13.3. The fourth-order valence-corrected chi connectivity index (χ4v) is 3.35. The van der Waals surface area contributed by atoms with Gasteiger partial charge in [-0.15, -0.1) is 0 Å². The molecule has 1 aliphatic rings. The minimum absolute atomic E-state index is 0.112. The monoisotopic (exact) mass is 291 g/mol. The Balaban J connectivity index is 1.80. The molecule has 0 aromatic heterocycles. The fourth-order valence-electron chi connectivity index (χ4n) is 3.35. The van der Waals surface area contributed by atoms with Crippen molar-refractivity contribution in [2.75, 3.05) is 13.1 Å². The van der Waals surface area contributed by atoms with Crippen LogP contribution in [0.5, 0.6) is 0 Å². The average Bonchev–Trinajstić information content (AvgIpc) is 2.44.